The number of carbonyl (C=O) groups is 1. The molecular formula is C13H20ClNO2. The first-order valence-corrected chi connectivity index (χ1v) is 5.61. The molecule has 0 aliphatic heterocycles. The molecule has 1 rings (SSSR count). The molecule has 0 spiro atoms. The summed E-state index contributed by atoms with van der Waals surface area (Å²) in [5, 5.41) is 8.80. The first-order valence-electron chi connectivity index (χ1n) is 5.61. The Bertz CT molecular complexity index is 355. The van der Waals surface area contributed by atoms with E-state index in [0.29, 0.717) is 6.54 Å². The van der Waals surface area contributed by atoms with E-state index < -0.39 is 5.97 Å². The molecule has 1 aromatic carbocycles. The van der Waals surface area contributed by atoms with Gasteiger partial charge in [0.15, 0.2) is 0 Å². The number of rotatable bonds is 6. The number of benzene rings is 1. The van der Waals surface area contributed by atoms with Crippen LogP contribution in [0.3, 0.4) is 0 Å². The van der Waals surface area contributed by atoms with Crippen molar-refractivity contribution in [3.63, 3.8) is 0 Å². The van der Waals surface area contributed by atoms with Crippen molar-refractivity contribution in [1.82, 2.24) is 4.90 Å². The van der Waals surface area contributed by atoms with Gasteiger partial charge >= 0.3 is 5.97 Å². The molecule has 0 aromatic heterocycles. The maximum absolute atomic E-state index is 10.7. The van der Waals surface area contributed by atoms with Crippen LogP contribution in [0.15, 0.2) is 24.3 Å². The van der Waals surface area contributed by atoms with Crippen LogP contribution in [0.4, 0.5) is 0 Å². The minimum absolute atomic E-state index is 0. The molecule has 0 atom stereocenters. The van der Waals surface area contributed by atoms with Gasteiger partial charge in [0.05, 0.1) is 6.54 Å². The number of hydrogen-bond acceptors (Lipinski definition) is 2. The van der Waals surface area contributed by atoms with Gasteiger partial charge in [0.25, 0.3) is 0 Å². The molecule has 0 bridgehead atoms. The first kappa shape index (κ1) is 15.9. The quantitative estimate of drug-likeness (QED) is 0.852. The molecule has 17 heavy (non-hydrogen) atoms. The Balaban J connectivity index is 0.00000256. The molecule has 96 valence electrons. The molecule has 0 fully saturated rings. The fourth-order valence-electron chi connectivity index (χ4n) is 1.79. The highest BCUT2D eigenvalue weighted by Gasteiger charge is 2.09. The highest BCUT2D eigenvalue weighted by molar-refractivity contribution is 5.85. The average molecular weight is 258 g/mol. The lowest BCUT2D eigenvalue weighted by molar-refractivity contribution is -0.138. The Labute approximate surface area is 109 Å². The predicted octanol–water partition coefficient (Wildman–Crippen LogP) is 2.71. The Kier molecular flexibility index (Phi) is 7.59. The highest BCUT2D eigenvalue weighted by Crippen LogP contribution is 2.07. The number of nitrogens with zero attached hydrogens (tertiary/aromatic N) is 1. The van der Waals surface area contributed by atoms with Crippen molar-refractivity contribution in [2.45, 2.75) is 26.8 Å². The van der Waals surface area contributed by atoms with Gasteiger partial charge < -0.3 is 5.11 Å². The zero-order valence-electron chi connectivity index (χ0n) is 10.3. The van der Waals surface area contributed by atoms with Crippen molar-refractivity contribution in [2.24, 2.45) is 0 Å². The molecule has 0 radical (unpaired) electrons. The van der Waals surface area contributed by atoms with Gasteiger partial charge in [0.1, 0.15) is 0 Å². The molecule has 0 saturated heterocycles. The summed E-state index contributed by atoms with van der Waals surface area (Å²) in [4.78, 5) is 12.7. The van der Waals surface area contributed by atoms with Crippen LogP contribution in [0.1, 0.15) is 24.5 Å². The number of aliphatic carboxylic acids is 1. The zero-order valence-corrected chi connectivity index (χ0v) is 11.2. The Morgan fingerprint density at radius 1 is 1.41 bits per heavy atom. The summed E-state index contributed by atoms with van der Waals surface area (Å²) in [5.41, 5.74) is 2.39. The maximum atomic E-state index is 10.7. The van der Waals surface area contributed by atoms with Gasteiger partial charge in [-0.25, -0.2) is 0 Å². The third kappa shape index (κ3) is 6.29. The number of carboxylic acid groups (broad SMARTS) is 1. The first-order chi connectivity index (χ1) is 7.61. The van der Waals surface area contributed by atoms with Crippen molar-refractivity contribution in [3.8, 4) is 0 Å². The monoisotopic (exact) mass is 257 g/mol. The summed E-state index contributed by atoms with van der Waals surface area (Å²) in [6, 6.07) is 8.20. The van der Waals surface area contributed by atoms with E-state index in [4.69, 9.17) is 5.11 Å². The topological polar surface area (TPSA) is 40.5 Å². The van der Waals surface area contributed by atoms with Crippen LogP contribution in [-0.4, -0.2) is 29.1 Å². The van der Waals surface area contributed by atoms with Crippen molar-refractivity contribution in [3.05, 3.63) is 35.4 Å². The molecule has 0 unspecified atom stereocenters. The van der Waals surface area contributed by atoms with E-state index in [1.165, 1.54) is 11.1 Å². The second kappa shape index (κ2) is 8.09. The number of halogens is 1. The fourth-order valence-corrected chi connectivity index (χ4v) is 1.79. The second-order valence-corrected chi connectivity index (χ2v) is 4.09. The van der Waals surface area contributed by atoms with E-state index in [1.807, 2.05) is 30.0 Å². The van der Waals surface area contributed by atoms with Crippen LogP contribution in [0.2, 0.25) is 0 Å². The average Bonchev–Trinajstić information content (AvgIpc) is 2.16. The summed E-state index contributed by atoms with van der Waals surface area (Å²) in [7, 11) is 0. The number of aryl methyl sites for hydroxylation is 1. The van der Waals surface area contributed by atoms with Gasteiger partial charge in [-0.15, -0.1) is 12.4 Å². The lowest BCUT2D eigenvalue weighted by Gasteiger charge is -2.19. The molecule has 0 heterocycles. The lowest BCUT2D eigenvalue weighted by atomic mass is 10.1. The van der Waals surface area contributed by atoms with Crippen molar-refractivity contribution < 1.29 is 9.90 Å². The minimum Gasteiger partial charge on any atom is -0.480 e. The highest BCUT2D eigenvalue weighted by atomic mass is 35.5. The van der Waals surface area contributed by atoms with E-state index in [-0.39, 0.29) is 19.0 Å². The van der Waals surface area contributed by atoms with Crippen LogP contribution in [0.25, 0.3) is 0 Å². The van der Waals surface area contributed by atoms with Crippen molar-refractivity contribution in [1.29, 1.82) is 0 Å². The van der Waals surface area contributed by atoms with Gasteiger partial charge in [-0.2, -0.15) is 0 Å². The molecular weight excluding hydrogens is 238 g/mol. The second-order valence-electron chi connectivity index (χ2n) is 4.09. The third-order valence-electron chi connectivity index (χ3n) is 2.39. The Morgan fingerprint density at radius 2 is 2.12 bits per heavy atom. The van der Waals surface area contributed by atoms with Crippen LogP contribution < -0.4 is 0 Å². The zero-order chi connectivity index (χ0) is 12.0. The smallest absolute Gasteiger partial charge is 0.317 e. The molecule has 0 amide bonds. The standard InChI is InChI=1S/C13H19NO2.ClH/c1-3-7-14(10-13(15)16)9-12-6-4-5-11(2)8-12;/h4-6,8H,3,7,9-10H2,1-2H3,(H,15,16);1H. The van der Waals surface area contributed by atoms with Gasteiger partial charge in [0, 0.05) is 6.54 Å². The van der Waals surface area contributed by atoms with Gasteiger partial charge in [0.2, 0.25) is 0 Å². The molecule has 3 nitrogen and oxygen atoms in total. The third-order valence-corrected chi connectivity index (χ3v) is 2.39. The van der Waals surface area contributed by atoms with Crippen LogP contribution in [0.5, 0.6) is 0 Å². The summed E-state index contributed by atoms with van der Waals surface area (Å²) in [6.07, 6.45) is 0.971. The largest absolute Gasteiger partial charge is 0.480 e. The minimum atomic E-state index is -0.763. The molecule has 4 heteroatoms. The number of hydrogen-bond donors (Lipinski definition) is 1. The van der Waals surface area contributed by atoms with E-state index >= 15 is 0 Å². The SMILES string of the molecule is CCCN(CC(=O)O)Cc1cccc(C)c1.Cl. The fraction of sp³-hybridized carbons (Fsp3) is 0.462. The van der Waals surface area contributed by atoms with Gasteiger partial charge in [-0.05, 0) is 25.5 Å². The molecule has 0 saturated carbocycles. The van der Waals surface area contributed by atoms with Crippen LogP contribution >= 0.6 is 12.4 Å². The Morgan fingerprint density at radius 3 is 2.65 bits per heavy atom. The lowest BCUT2D eigenvalue weighted by Crippen LogP contribution is -2.30. The Hall–Kier alpha value is -1.06. The molecule has 1 aromatic rings. The normalized spacial score (nSPS) is 10.1. The summed E-state index contributed by atoms with van der Waals surface area (Å²) < 4.78 is 0. The molecule has 1 N–H and O–H groups in total. The van der Waals surface area contributed by atoms with Crippen LogP contribution in [-0.2, 0) is 11.3 Å². The summed E-state index contributed by atoms with van der Waals surface area (Å²) >= 11 is 0. The van der Waals surface area contributed by atoms with E-state index in [0.717, 1.165) is 13.0 Å². The van der Waals surface area contributed by atoms with E-state index in [9.17, 15) is 4.79 Å². The van der Waals surface area contributed by atoms with E-state index in [1.54, 1.807) is 0 Å². The maximum Gasteiger partial charge on any atom is 0.317 e. The van der Waals surface area contributed by atoms with Crippen LogP contribution in [0, 0.1) is 6.92 Å². The number of carboxylic acids is 1. The van der Waals surface area contributed by atoms with Gasteiger partial charge in [-0.3, -0.25) is 9.69 Å². The summed E-state index contributed by atoms with van der Waals surface area (Å²) in [6.45, 7) is 5.75. The molecule has 0 aliphatic carbocycles. The van der Waals surface area contributed by atoms with E-state index in [2.05, 4.69) is 13.0 Å². The predicted molar refractivity (Wildman–Crippen MR) is 71.6 cm³/mol. The van der Waals surface area contributed by atoms with Crippen molar-refractivity contribution in [2.75, 3.05) is 13.1 Å². The van der Waals surface area contributed by atoms with Crippen molar-refractivity contribution >= 4 is 18.4 Å². The van der Waals surface area contributed by atoms with Gasteiger partial charge in [-0.1, -0.05) is 36.8 Å². The summed E-state index contributed by atoms with van der Waals surface area (Å²) in [5.74, 6) is -0.763. The molecule has 0 aliphatic rings.